The minimum absolute atomic E-state index is 1.13. The van der Waals surface area contributed by atoms with Crippen molar-refractivity contribution >= 4 is 58.4 Å². The number of rotatable bonds is 11. The van der Waals surface area contributed by atoms with Gasteiger partial charge in [-0.25, -0.2) is 0 Å². The summed E-state index contributed by atoms with van der Waals surface area (Å²) in [5.74, 6) is 0. The van der Waals surface area contributed by atoms with Crippen molar-refractivity contribution < 1.29 is 0 Å². The van der Waals surface area contributed by atoms with Crippen molar-refractivity contribution in [2.75, 3.05) is 9.80 Å². The summed E-state index contributed by atoms with van der Waals surface area (Å²) >= 11 is 0. The first-order valence-electron chi connectivity index (χ1n) is 20.8. The summed E-state index contributed by atoms with van der Waals surface area (Å²) in [6.07, 6.45) is 8.68. The maximum absolute atomic E-state index is 2.40. The Labute approximate surface area is 357 Å². The van der Waals surface area contributed by atoms with Crippen LogP contribution in [-0.2, 0) is 0 Å². The van der Waals surface area contributed by atoms with E-state index in [1.807, 2.05) is 12.1 Å². The summed E-state index contributed by atoms with van der Waals surface area (Å²) in [6.45, 7) is 13.2. The average Bonchev–Trinajstić information content (AvgIpc) is 3.26. The van der Waals surface area contributed by atoms with E-state index in [4.69, 9.17) is 0 Å². The molecule has 0 radical (unpaired) electrons. The zero-order chi connectivity index (χ0) is 41.6. The highest BCUT2D eigenvalue weighted by Crippen LogP contribution is 2.42. The fraction of sp³-hybridized carbons (Fsp3) is 0.103. The molecule has 60 heavy (non-hydrogen) atoms. The zero-order valence-electron chi connectivity index (χ0n) is 35.5. The Morgan fingerprint density at radius 2 is 0.583 bits per heavy atom. The minimum Gasteiger partial charge on any atom is -0.310 e. The van der Waals surface area contributed by atoms with E-state index in [1.165, 1.54) is 67.0 Å². The third-order valence-corrected chi connectivity index (χ3v) is 11.2. The SMILES string of the molecule is Cc1ccc(N(c2ccc(C=Cc3ccccc3)cc2)c2ccc(-c3ccc(N(c4ccc(C=Cc5ccccc5)cc4)c4ccc(C)cc4C)c(C)c3)cc2C)c(C)c1. The number of anilines is 6. The van der Waals surface area contributed by atoms with Gasteiger partial charge in [-0.2, -0.15) is 0 Å². The molecule has 0 aliphatic heterocycles. The normalized spacial score (nSPS) is 11.4. The van der Waals surface area contributed by atoms with E-state index in [2.05, 4.69) is 246 Å². The van der Waals surface area contributed by atoms with Gasteiger partial charge in [0.25, 0.3) is 0 Å². The van der Waals surface area contributed by atoms with E-state index in [-0.39, 0.29) is 0 Å². The molecule has 0 saturated heterocycles. The molecule has 0 N–H and O–H groups in total. The van der Waals surface area contributed by atoms with Gasteiger partial charge in [-0.05, 0) is 158 Å². The maximum atomic E-state index is 2.40. The van der Waals surface area contributed by atoms with Crippen LogP contribution in [-0.4, -0.2) is 0 Å². The van der Waals surface area contributed by atoms with Crippen LogP contribution in [0.2, 0.25) is 0 Å². The molecule has 294 valence electrons. The smallest absolute Gasteiger partial charge is 0.0491 e. The summed E-state index contributed by atoms with van der Waals surface area (Å²) in [5.41, 5.74) is 21.4. The van der Waals surface area contributed by atoms with E-state index in [1.54, 1.807) is 0 Å². The number of aryl methyl sites for hydroxylation is 6. The molecule has 0 aliphatic rings. The van der Waals surface area contributed by atoms with E-state index >= 15 is 0 Å². The molecule has 8 rings (SSSR count). The molecule has 0 aliphatic carbocycles. The van der Waals surface area contributed by atoms with Gasteiger partial charge >= 0.3 is 0 Å². The molecule has 0 atom stereocenters. The summed E-state index contributed by atoms with van der Waals surface area (Å²) < 4.78 is 0. The van der Waals surface area contributed by atoms with Gasteiger partial charge in [0, 0.05) is 34.1 Å². The maximum Gasteiger partial charge on any atom is 0.0491 e. The molecule has 0 spiro atoms. The van der Waals surface area contributed by atoms with Gasteiger partial charge in [-0.15, -0.1) is 0 Å². The van der Waals surface area contributed by atoms with Gasteiger partial charge in [0.2, 0.25) is 0 Å². The monoisotopic (exact) mass is 776 g/mol. The van der Waals surface area contributed by atoms with Crippen molar-refractivity contribution in [3.63, 3.8) is 0 Å². The molecule has 0 heterocycles. The van der Waals surface area contributed by atoms with Crippen molar-refractivity contribution in [1.29, 1.82) is 0 Å². The van der Waals surface area contributed by atoms with Gasteiger partial charge in [0.05, 0.1) is 0 Å². The number of benzene rings is 8. The molecule has 2 nitrogen and oxygen atoms in total. The van der Waals surface area contributed by atoms with E-state index in [9.17, 15) is 0 Å². The lowest BCUT2D eigenvalue weighted by atomic mass is 9.98. The van der Waals surface area contributed by atoms with Crippen LogP contribution in [0.25, 0.3) is 35.4 Å². The molecule has 0 unspecified atom stereocenters. The van der Waals surface area contributed by atoms with Crippen molar-refractivity contribution in [2.45, 2.75) is 41.5 Å². The van der Waals surface area contributed by atoms with Crippen LogP contribution in [0.15, 0.2) is 182 Å². The van der Waals surface area contributed by atoms with E-state index < -0.39 is 0 Å². The standard InChI is InChI=1S/C58H52N2/c1-41-17-33-55(43(3)37-41)59(53-29-23-49(24-30-53)21-19-47-13-9-7-10-14-47)57-35-27-51(39-45(57)5)52-28-36-58(46(6)40-52)60(56-34-18-42(2)38-44(56)4)54-31-25-50(26-32-54)22-20-48-15-11-8-12-16-48/h7-40H,1-6H3. The highest BCUT2D eigenvalue weighted by Gasteiger charge is 2.20. The summed E-state index contributed by atoms with van der Waals surface area (Å²) in [5, 5.41) is 0. The van der Waals surface area contributed by atoms with Crippen molar-refractivity contribution in [3.8, 4) is 11.1 Å². The summed E-state index contributed by atoms with van der Waals surface area (Å²) in [7, 11) is 0. The highest BCUT2D eigenvalue weighted by molar-refractivity contribution is 5.85. The predicted octanol–water partition coefficient (Wildman–Crippen LogP) is 16.5. The molecule has 2 heteroatoms. The molecule has 0 saturated carbocycles. The lowest BCUT2D eigenvalue weighted by molar-refractivity contribution is 1.21. The lowest BCUT2D eigenvalue weighted by Gasteiger charge is -2.30. The number of hydrogen-bond donors (Lipinski definition) is 0. The Morgan fingerprint density at radius 1 is 0.283 bits per heavy atom. The second-order valence-electron chi connectivity index (χ2n) is 15.9. The van der Waals surface area contributed by atoms with Crippen molar-refractivity contribution in [2.24, 2.45) is 0 Å². The number of nitrogens with zero attached hydrogens (tertiary/aromatic N) is 2. The highest BCUT2D eigenvalue weighted by atomic mass is 15.2. The van der Waals surface area contributed by atoms with E-state index in [0.717, 1.165) is 33.9 Å². The Bertz CT molecular complexity index is 2600. The molecule has 8 aromatic rings. The van der Waals surface area contributed by atoms with Crippen molar-refractivity contribution in [3.05, 3.63) is 238 Å². The Morgan fingerprint density at radius 3 is 0.900 bits per heavy atom. The van der Waals surface area contributed by atoms with Crippen LogP contribution in [0.4, 0.5) is 34.1 Å². The lowest BCUT2D eigenvalue weighted by Crippen LogP contribution is -2.13. The quantitative estimate of drug-likeness (QED) is 0.121. The molecule has 0 fully saturated rings. The average molecular weight is 777 g/mol. The van der Waals surface area contributed by atoms with Crippen LogP contribution in [0, 0.1) is 41.5 Å². The first kappa shape index (κ1) is 39.7. The van der Waals surface area contributed by atoms with Gasteiger partial charge in [-0.3, -0.25) is 0 Å². The Kier molecular flexibility index (Phi) is 11.7. The van der Waals surface area contributed by atoms with Gasteiger partial charge in [0.15, 0.2) is 0 Å². The molecule has 8 aromatic carbocycles. The topological polar surface area (TPSA) is 6.48 Å². The van der Waals surface area contributed by atoms with Gasteiger partial charge in [0.1, 0.15) is 0 Å². The minimum atomic E-state index is 1.13. The van der Waals surface area contributed by atoms with Crippen molar-refractivity contribution in [1.82, 2.24) is 0 Å². The Hall–Kier alpha value is -7.16. The molecular formula is C58H52N2. The largest absolute Gasteiger partial charge is 0.310 e. The summed E-state index contributed by atoms with van der Waals surface area (Å²) in [4.78, 5) is 4.80. The number of hydrogen-bond acceptors (Lipinski definition) is 2. The predicted molar refractivity (Wildman–Crippen MR) is 260 cm³/mol. The fourth-order valence-electron chi connectivity index (χ4n) is 8.08. The van der Waals surface area contributed by atoms with Crippen LogP contribution in [0.1, 0.15) is 55.6 Å². The first-order chi connectivity index (χ1) is 29.2. The van der Waals surface area contributed by atoms with Crippen LogP contribution < -0.4 is 9.80 Å². The van der Waals surface area contributed by atoms with Crippen LogP contribution in [0.5, 0.6) is 0 Å². The molecule has 0 bridgehead atoms. The van der Waals surface area contributed by atoms with Gasteiger partial charge < -0.3 is 9.80 Å². The third-order valence-electron chi connectivity index (χ3n) is 11.2. The fourth-order valence-corrected chi connectivity index (χ4v) is 8.08. The third kappa shape index (κ3) is 8.94. The van der Waals surface area contributed by atoms with Crippen LogP contribution >= 0.6 is 0 Å². The van der Waals surface area contributed by atoms with Gasteiger partial charge in [-0.1, -0.05) is 157 Å². The van der Waals surface area contributed by atoms with Crippen LogP contribution in [0.3, 0.4) is 0 Å². The van der Waals surface area contributed by atoms with E-state index in [0.29, 0.717) is 0 Å². The second kappa shape index (κ2) is 17.8. The molecule has 0 amide bonds. The second-order valence-corrected chi connectivity index (χ2v) is 15.9. The zero-order valence-corrected chi connectivity index (χ0v) is 35.5. The first-order valence-corrected chi connectivity index (χ1v) is 20.8. The summed E-state index contributed by atoms with van der Waals surface area (Å²) in [6, 6.07) is 65.9. The molecular weight excluding hydrogens is 725 g/mol. The molecule has 0 aromatic heterocycles. The Balaban J connectivity index is 1.12.